The summed E-state index contributed by atoms with van der Waals surface area (Å²) in [5.74, 6) is 6.00. The highest BCUT2D eigenvalue weighted by Gasteiger charge is 2.65. The average molecular weight is 989 g/mol. The minimum atomic E-state index is 0.0463. The van der Waals surface area contributed by atoms with E-state index in [0.717, 1.165) is 23.7 Å². The second kappa shape index (κ2) is 16.3. The molecule has 0 aliphatic heterocycles. The van der Waals surface area contributed by atoms with Gasteiger partial charge in [-0.2, -0.15) is 0 Å². The molecule has 386 valence electrons. The molecule has 8 aliphatic carbocycles. The van der Waals surface area contributed by atoms with E-state index >= 15 is 0 Å². The topological polar surface area (TPSA) is 6.48 Å². The Morgan fingerprint density at radius 2 is 0.587 bits per heavy atom. The normalized spacial score (nSPS) is 27.3. The van der Waals surface area contributed by atoms with Crippen molar-refractivity contribution in [2.75, 3.05) is 9.80 Å². The first-order valence-electron chi connectivity index (χ1n) is 29.7. The molecule has 0 radical (unpaired) electrons. The number of hydrogen-bond acceptors (Lipinski definition) is 2. The number of nitrogens with zero attached hydrogens (tertiary/aromatic N) is 2. The molecule has 5 fully saturated rings. The number of hydrogen-bond donors (Lipinski definition) is 0. The van der Waals surface area contributed by atoms with Crippen LogP contribution in [0.4, 0.5) is 34.1 Å². The van der Waals surface area contributed by atoms with Crippen LogP contribution in [0, 0.1) is 29.1 Å². The van der Waals surface area contributed by atoms with E-state index < -0.39 is 0 Å². The van der Waals surface area contributed by atoms with E-state index in [-0.39, 0.29) is 21.7 Å². The van der Waals surface area contributed by atoms with Gasteiger partial charge in [-0.05, 0) is 256 Å². The van der Waals surface area contributed by atoms with Crippen LogP contribution in [0.5, 0.6) is 0 Å². The summed E-state index contributed by atoms with van der Waals surface area (Å²) in [4.78, 5) is 5.45. The molecule has 5 saturated carbocycles. The zero-order valence-electron chi connectivity index (χ0n) is 47.6. The van der Waals surface area contributed by atoms with Crippen LogP contribution >= 0.6 is 0 Å². The van der Waals surface area contributed by atoms with Gasteiger partial charge in [0.15, 0.2) is 0 Å². The number of fused-ring (bicyclic) bond motifs is 7. The van der Waals surface area contributed by atoms with Crippen LogP contribution in [-0.4, -0.2) is 0 Å². The largest absolute Gasteiger partial charge is 0.309 e. The Hall–Kier alpha value is -5.34. The monoisotopic (exact) mass is 989 g/mol. The number of benzene rings is 7. The highest BCUT2D eigenvalue weighted by atomic mass is 15.2. The summed E-state index contributed by atoms with van der Waals surface area (Å²) in [6.07, 6.45) is 13.8. The van der Waals surface area contributed by atoms with Crippen LogP contribution in [0.15, 0.2) is 121 Å². The van der Waals surface area contributed by atoms with Gasteiger partial charge in [0.05, 0.1) is 11.4 Å². The van der Waals surface area contributed by atoms with Gasteiger partial charge < -0.3 is 9.80 Å². The van der Waals surface area contributed by atoms with E-state index in [1.807, 2.05) is 0 Å². The highest BCUT2D eigenvalue weighted by Crippen LogP contribution is 2.76. The maximum absolute atomic E-state index is 2.83. The van der Waals surface area contributed by atoms with Gasteiger partial charge in [0, 0.05) is 44.3 Å². The molecule has 1 spiro atoms. The summed E-state index contributed by atoms with van der Waals surface area (Å²) in [5.41, 5.74) is 20.6. The second-order valence-electron chi connectivity index (χ2n) is 30.0. The van der Waals surface area contributed by atoms with Crippen LogP contribution in [0.3, 0.4) is 0 Å². The van der Waals surface area contributed by atoms with Crippen molar-refractivity contribution >= 4 is 55.7 Å². The van der Waals surface area contributed by atoms with Gasteiger partial charge >= 0.3 is 0 Å². The van der Waals surface area contributed by atoms with Gasteiger partial charge in [0.2, 0.25) is 0 Å². The molecule has 0 N–H and O–H groups in total. The first kappa shape index (κ1) is 48.1. The SMILES string of the molecule is CC(C)(C)c1ccc(N(c2ccc(C(C)(C)C)cc2)c2c3cc4c(cc3c(N(c3ccc(C(C)(C)C)cc3)c3ccc(C(C)(C)C)cc3)c3cc5c(cc23)C2CC3CC6CC5CC36C2)C2CC3CC(CC4C3)C2)cc1. The third-order valence-electron chi connectivity index (χ3n) is 21.4. The van der Waals surface area contributed by atoms with Crippen molar-refractivity contribution in [3.63, 3.8) is 0 Å². The van der Waals surface area contributed by atoms with Gasteiger partial charge in [-0.25, -0.2) is 0 Å². The Balaban J connectivity index is 1.14. The Morgan fingerprint density at radius 3 is 0.853 bits per heavy atom. The minimum Gasteiger partial charge on any atom is -0.309 e. The molecule has 0 heterocycles. The Kier molecular flexibility index (Phi) is 10.5. The van der Waals surface area contributed by atoms with Gasteiger partial charge in [0.1, 0.15) is 0 Å². The van der Waals surface area contributed by atoms with E-state index in [1.165, 1.54) is 142 Å². The minimum absolute atomic E-state index is 0.0463. The van der Waals surface area contributed by atoms with Gasteiger partial charge in [-0.15, -0.1) is 0 Å². The number of anilines is 6. The molecule has 2 heteroatoms. The summed E-state index contributed by atoms with van der Waals surface area (Å²) >= 11 is 0. The van der Waals surface area contributed by atoms with Gasteiger partial charge in [-0.3, -0.25) is 0 Å². The Labute approximate surface area is 450 Å². The summed E-state index contributed by atoms with van der Waals surface area (Å²) in [5, 5.41) is 5.62. The van der Waals surface area contributed by atoms with E-state index in [1.54, 1.807) is 22.3 Å². The molecule has 15 rings (SSSR count). The molecule has 7 aromatic carbocycles. The van der Waals surface area contributed by atoms with E-state index in [2.05, 4.69) is 214 Å². The van der Waals surface area contributed by atoms with E-state index in [9.17, 15) is 0 Å². The third kappa shape index (κ3) is 7.58. The Morgan fingerprint density at radius 1 is 0.320 bits per heavy atom. The molecular weight excluding hydrogens is 905 g/mol. The maximum atomic E-state index is 2.83. The van der Waals surface area contributed by atoms with E-state index in [0.29, 0.717) is 29.1 Å². The lowest BCUT2D eigenvalue weighted by Gasteiger charge is -2.48. The molecule has 4 atom stereocenters. The zero-order chi connectivity index (χ0) is 51.9. The van der Waals surface area contributed by atoms with Crippen molar-refractivity contribution in [2.24, 2.45) is 29.1 Å². The predicted octanol–water partition coefficient (Wildman–Crippen LogP) is 20.9. The Bertz CT molecular complexity index is 3040. The lowest BCUT2D eigenvalue weighted by Crippen LogP contribution is -2.41. The van der Waals surface area contributed by atoms with E-state index in [4.69, 9.17) is 0 Å². The molecule has 7 aromatic rings. The van der Waals surface area contributed by atoms with Crippen LogP contribution in [0.2, 0.25) is 0 Å². The van der Waals surface area contributed by atoms with Crippen molar-refractivity contribution < 1.29 is 0 Å². The molecule has 8 aliphatic rings. The fourth-order valence-corrected chi connectivity index (χ4v) is 17.5. The number of rotatable bonds is 6. The summed E-state index contributed by atoms with van der Waals surface area (Å²) in [7, 11) is 0. The third-order valence-corrected chi connectivity index (χ3v) is 21.4. The molecular formula is C73H84N2. The lowest BCUT2D eigenvalue weighted by atomic mass is 9.56. The average Bonchev–Trinajstić information content (AvgIpc) is 3.74. The highest BCUT2D eigenvalue weighted by molar-refractivity contribution is 6.24. The van der Waals surface area contributed by atoms with Crippen molar-refractivity contribution in [3.05, 3.63) is 166 Å². The van der Waals surface area contributed by atoms with Crippen LogP contribution in [0.1, 0.15) is 215 Å². The van der Waals surface area contributed by atoms with Crippen LogP contribution < -0.4 is 9.80 Å². The van der Waals surface area contributed by atoms with Gasteiger partial charge in [0.25, 0.3) is 0 Å². The van der Waals surface area contributed by atoms with Crippen molar-refractivity contribution in [3.8, 4) is 0 Å². The molecule has 2 nitrogen and oxygen atoms in total. The molecule has 0 saturated heterocycles. The molecule has 4 unspecified atom stereocenters. The molecule has 75 heavy (non-hydrogen) atoms. The summed E-state index contributed by atoms with van der Waals surface area (Å²) in [6.45, 7) is 28.2. The first-order valence-corrected chi connectivity index (χ1v) is 29.7. The first-order chi connectivity index (χ1) is 35.6. The molecule has 0 aromatic heterocycles. The predicted molar refractivity (Wildman–Crippen MR) is 319 cm³/mol. The fraction of sp³-hybridized carbons (Fsp3) is 0.479. The standard InChI is InChI=1S/C73H84N2/c1-69(2,3)49-13-21-55(22-14-49)74(56-23-15-50(16-24-56)70(4,5)6)67-63-37-59-45-30-43-29-44(31-45)33-46(32-43)60(59)38-64(63)68(66-40-62-48-35-54-36-53-34-47(41-73(53,54)42-48)61(62)39-65(66)67)75(57-25-17-51(18-26-57)71(7,8)9)58-27-19-52(20-28-58)72(10,11)12/h13-28,37-40,43-48,53-54H,29-36,41-42H2,1-12H3. The van der Waals surface area contributed by atoms with Crippen molar-refractivity contribution in [2.45, 2.75) is 193 Å². The summed E-state index contributed by atoms with van der Waals surface area (Å²) < 4.78 is 0. The van der Waals surface area contributed by atoms with Crippen LogP contribution in [-0.2, 0) is 21.7 Å². The molecule has 7 bridgehead atoms. The van der Waals surface area contributed by atoms with Crippen LogP contribution in [0.25, 0.3) is 21.5 Å². The van der Waals surface area contributed by atoms with Crippen molar-refractivity contribution in [1.82, 2.24) is 0 Å². The zero-order valence-corrected chi connectivity index (χ0v) is 47.6. The summed E-state index contributed by atoms with van der Waals surface area (Å²) in [6, 6.07) is 50.2. The maximum Gasteiger partial charge on any atom is 0.0620 e. The smallest absolute Gasteiger partial charge is 0.0620 e. The molecule has 0 amide bonds. The second-order valence-corrected chi connectivity index (χ2v) is 30.0. The quantitative estimate of drug-likeness (QED) is 0.121. The van der Waals surface area contributed by atoms with Crippen molar-refractivity contribution in [1.29, 1.82) is 0 Å². The van der Waals surface area contributed by atoms with Gasteiger partial charge in [-0.1, -0.05) is 132 Å². The lowest BCUT2D eigenvalue weighted by molar-refractivity contribution is 0.00322. The fourth-order valence-electron chi connectivity index (χ4n) is 17.5.